The Morgan fingerprint density at radius 3 is 2.79 bits per heavy atom. The van der Waals surface area contributed by atoms with Crippen LogP contribution in [0.25, 0.3) is 0 Å². The molecule has 0 aromatic carbocycles. The fraction of sp³-hybridized carbons (Fsp3) is 0.714. The fourth-order valence-corrected chi connectivity index (χ4v) is 2.72. The molecule has 2 aliphatic carbocycles. The fourth-order valence-electron chi connectivity index (χ4n) is 2.72. The van der Waals surface area contributed by atoms with Gasteiger partial charge in [0.1, 0.15) is 0 Å². The van der Waals surface area contributed by atoms with Gasteiger partial charge in [-0.15, -0.1) is 0 Å². The first-order valence-electron chi connectivity index (χ1n) is 6.29. The van der Waals surface area contributed by atoms with Crippen LogP contribution in [0.15, 0.2) is 23.3 Å². The molecule has 0 saturated heterocycles. The van der Waals surface area contributed by atoms with Crippen LogP contribution in [-0.4, -0.2) is 0 Å². The van der Waals surface area contributed by atoms with Gasteiger partial charge in [0.2, 0.25) is 0 Å². The third kappa shape index (κ3) is 2.29. The quantitative estimate of drug-likeness (QED) is 0.606. The molecule has 1 saturated carbocycles. The second-order valence-corrected chi connectivity index (χ2v) is 4.80. The minimum Gasteiger partial charge on any atom is -0.0770 e. The average Bonchev–Trinajstić information content (AvgIpc) is 2.85. The zero-order chi connectivity index (χ0) is 9.80. The molecule has 0 N–H and O–H groups in total. The Morgan fingerprint density at radius 2 is 2.07 bits per heavy atom. The topological polar surface area (TPSA) is 0 Å². The second-order valence-electron chi connectivity index (χ2n) is 4.80. The molecule has 0 aromatic heterocycles. The van der Waals surface area contributed by atoms with Crippen LogP contribution in [0.5, 0.6) is 0 Å². The highest BCUT2D eigenvalue weighted by molar-refractivity contribution is 5.34. The molecular weight excluding hydrogens is 168 g/mol. The van der Waals surface area contributed by atoms with Crippen molar-refractivity contribution in [2.45, 2.75) is 58.3 Å². The number of hydrogen-bond donors (Lipinski definition) is 0. The van der Waals surface area contributed by atoms with Crippen LogP contribution in [0.2, 0.25) is 0 Å². The van der Waals surface area contributed by atoms with E-state index >= 15 is 0 Å². The standard InChI is InChI=1S/C14H22/c1-2-3-6-12-9-10-14(11-12)13-7-4-5-8-13/h10-11,13H,2-9H2,1H3. The van der Waals surface area contributed by atoms with E-state index in [1.807, 2.05) is 0 Å². The summed E-state index contributed by atoms with van der Waals surface area (Å²) in [5.74, 6) is 0.925. The van der Waals surface area contributed by atoms with E-state index in [4.69, 9.17) is 0 Å². The van der Waals surface area contributed by atoms with E-state index in [0.717, 1.165) is 5.92 Å². The summed E-state index contributed by atoms with van der Waals surface area (Å²) in [4.78, 5) is 0. The summed E-state index contributed by atoms with van der Waals surface area (Å²) in [6.45, 7) is 2.28. The largest absolute Gasteiger partial charge is 0.0770 e. The van der Waals surface area contributed by atoms with Gasteiger partial charge in [0.25, 0.3) is 0 Å². The molecule has 0 amide bonds. The van der Waals surface area contributed by atoms with Crippen molar-refractivity contribution >= 4 is 0 Å². The Hall–Kier alpha value is -0.520. The lowest BCUT2D eigenvalue weighted by Gasteiger charge is -2.07. The number of allylic oxidation sites excluding steroid dienone is 4. The van der Waals surface area contributed by atoms with E-state index in [1.165, 1.54) is 51.4 Å². The van der Waals surface area contributed by atoms with E-state index in [9.17, 15) is 0 Å². The van der Waals surface area contributed by atoms with Crippen LogP contribution in [-0.2, 0) is 0 Å². The lowest BCUT2D eigenvalue weighted by atomic mass is 9.98. The van der Waals surface area contributed by atoms with Crippen molar-refractivity contribution in [3.63, 3.8) is 0 Å². The maximum absolute atomic E-state index is 2.51. The van der Waals surface area contributed by atoms with Gasteiger partial charge in [-0.3, -0.25) is 0 Å². The van der Waals surface area contributed by atoms with Gasteiger partial charge in [0.05, 0.1) is 0 Å². The van der Waals surface area contributed by atoms with E-state index in [0.29, 0.717) is 0 Å². The first kappa shape index (κ1) is 10.0. The van der Waals surface area contributed by atoms with Crippen molar-refractivity contribution < 1.29 is 0 Å². The summed E-state index contributed by atoms with van der Waals surface area (Å²) >= 11 is 0. The van der Waals surface area contributed by atoms with Crippen LogP contribution in [0, 0.1) is 5.92 Å². The number of rotatable bonds is 4. The van der Waals surface area contributed by atoms with Crippen molar-refractivity contribution in [3.8, 4) is 0 Å². The minimum absolute atomic E-state index is 0.925. The van der Waals surface area contributed by atoms with Crippen LogP contribution in [0.3, 0.4) is 0 Å². The Labute approximate surface area is 88.1 Å². The van der Waals surface area contributed by atoms with Crippen LogP contribution in [0.4, 0.5) is 0 Å². The third-order valence-corrected chi connectivity index (χ3v) is 3.65. The van der Waals surface area contributed by atoms with Gasteiger partial charge in [-0.1, -0.05) is 43.9 Å². The molecule has 0 aliphatic heterocycles. The molecule has 2 aliphatic rings. The predicted octanol–water partition coefficient (Wildman–Crippen LogP) is 4.62. The maximum Gasteiger partial charge on any atom is -0.0130 e. The second kappa shape index (κ2) is 4.82. The van der Waals surface area contributed by atoms with E-state index in [1.54, 1.807) is 11.1 Å². The maximum atomic E-state index is 2.51. The summed E-state index contributed by atoms with van der Waals surface area (Å²) in [5.41, 5.74) is 3.36. The van der Waals surface area contributed by atoms with Crippen LogP contribution < -0.4 is 0 Å². The molecule has 14 heavy (non-hydrogen) atoms. The van der Waals surface area contributed by atoms with Gasteiger partial charge in [-0.2, -0.15) is 0 Å². The lowest BCUT2D eigenvalue weighted by molar-refractivity contribution is 0.658. The van der Waals surface area contributed by atoms with Gasteiger partial charge in [-0.25, -0.2) is 0 Å². The third-order valence-electron chi connectivity index (χ3n) is 3.65. The van der Waals surface area contributed by atoms with Crippen LogP contribution >= 0.6 is 0 Å². The Bertz CT molecular complexity index is 239. The van der Waals surface area contributed by atoms with Crippen LogP contribution in [0.1, 0.15) is 58.3 Å². The normalized spacial score (nSPS) is 22.6. The molecular formula is C14H22. The highest BCUT2D eigenvalue weighted by atomic mass is 14.3. The zero-order valence-electron chi connectivity index (χ0n) is 9.39. The molecule has 0 radical (unpaired) electrons. The molecule has 0 nitrogen and oxygen atoms in total. The average molecular weight is 190 g/mol. The monoisotopic (exact) mass is 190 g/mol. The molecule has 0 unspecified atom stereocenters. The van der Waals surface area contributed by atoms with Crippen molar-refractivity contribution in [1.82, 2.24) is 0 Å². The molecule has 0 heterocycles. The Balaban J connectivity index is 1.86. The van der Waals surface area contributed by atoms with E-state index < -0.39 is 0 Å². The SMILES string of the molecule is CCCCC1=CC(C2CCCC2)=CC1. The molecule has 2 rings (SSSR count). The lowest BCUT2D eigenvalue weighted by Crippen LogP contribution is -1.93. The molecule has 0 atom stereocenters. The van der Waals surface area contributed by atoms with Crippen molar-refractivity contribution in [3.05, 3.63) is 23.3 Å². The highest BCUT2D eigenvalue weighted by Gasteiger charge is 2.20. The zero-order valence-corrected chi connectivity index (χ0v) is 9.39. The summed E-state index contributed by atoms with van der Waals surface area (Å²) < 4.78 is 0. The number of unbranched alkanes of at least 4 members (excludes halogenated alkanes) is 1. The van der Waals surface area contributed by atoms with E-state index in [-0.39, 0.29) is 0 Å². The summed E-state index contributed by atoms with van der Waals surface area (Å²) in [5, 5.41) is 0. The summed E-state index contributed by atoms with van der Waals surface area (Å²) in [7, 11) is 0. The molecule has 0 bridgehead atoms. The van der Waals surface area contributed by atoms with Gasteiger partial charge in [0.15, 0.2) is 0 Å². The Morgan fingerprint density at radius 1 is 1.29 bits per heavy atom. The number of hydrogen-bond acceptors (Lipinski definition) is 0. The smallest absolute Gasteiger partial charge is 0.0130 e. The summed E-state index contributed by atoms with van der Waals surface area (Å²) in [6, 6.07) is 0. The van der Waals surface area contributed by atoms with E-state index in [2.05, 4.69) is 19.1 Å². The van der Waals surface area contributed by atoms with Gasteiger partial charge in [-0.05, 0) is 43.6 Å². The van der Waals surface area contributed by atoms with Crippen molar-refractivity contribution in [1.29, 1.82) is 0 Å². The summed E-state index contributed by atoms with van der Waals surface area (Å²) in [6.07, 6.45) is 16.1. The molecule has 78 valence electrons. The van der Waals surface area contributed by atoms with Crippen molar-refractivity contribution in [2.75, 3.05) is 0 Å². The van der Waals surface area contributed by atoms with Gasteiger partial charge < -0.3 is 0 Å². The molecule has 0 aromatic rings. The molecule has 1 fully saturated rings. The highest BCUT2D eigenvalue weighted by Crippen LogP contribution is 2.36. The first-order valence-corrected chi connectivity index (χ1v) is 6.29. The minimum atomic E-state index is 0.925. The van der Waals surface area contributed by atoms with Crippen molar-refractivity contribution in [2.24, 2.45) is 5.92 Å². The molecule has 0 spiro atoms. The van der Waals surface area contributed by atoms with Gasteiger partial charge in [0, 0.05) is 0 Å². The van der Waals surface area contributed by atoms with Gasteiger partial charge >= 0.3 is 0 Å². The Kier molecular flexibility index (Phi) is 3.44. The first-order chi connectivity index (χ1) is 6.90. The predicted molar refractivity (Wildman–Crippen MR) is 62.3 cm³/mol. The molecule has 0 heteroatoms.